The van der Waals surface area contributed by atoms with Gasteiger partial charge in [-0.25, -0.2) is 15.0 Å². The zero-order valence-corrected chi connectivity index (χ0v) is 37.7. The van der Waals surface area contributed by atoms with E-state index in [0.29, 0.717) is 17.5 Å². The van der Waals surface area contributed by atoms with Crippen molar-refractivity contribution in [2.24, 2.45) is 0 Å². The van der Waals surface area contributed by atoms with Gasteiger partial charge in [-0.2, -0.15) is 0 Å². The molecule has 0 saturated heterocycles. The molecule has 14 aromatic rings. The molecule has 0 fully saturated rings. The molecular formula is C63H39N5O2. The van der Waals surface area contributed by atoms with Crippen molar-refractivity contribution >= 4 is 93.1 Å². The fraction of sp³-hybridized carbons (Fsp3) is 0. The standard InChI is InChI=1S/C63H39N5O2/c1-3-17-38(4-2)61-64-62(40-32-34-53-48(37-40)45-22-10-11-26-50(45)67(53)41-18-6-5-7-19-41)66-63(65-61)47-25-16-30-56-59(47)49-36-39(33-35-55(49)69-56)42-23-15-31-57-58(42)46-24-14-29-54(60(46)70-57)68-51-27-12-8-20-43(51)44-21-9-13-28-52(44)68/h3-37H,1-2H2/b38-17+. The number of para-hydroxylation sites is 5. The summed E-state index contributed by atoms with van der Waals surface area (Å²) in [6.45, 7) is 8.10. The SMILES string of the molecule is C=C/C=C(\C=C)c1nc(-c2ccc3c(c2)c2ccccc2n3-c2ccccc2)nc(-c2cccc3oc4ccc(-c5cccc6oc7c(-n8c9ccccc9c9ccccc98)cccc7c56)cc4c23)n1. The molecule has 0 saturated carbocycles. The number of rotatable bonds is 8. The molecule has 0 aliphatic heterocycles. The maximum absolute atomic E-state index is 6.88. The lowest BCUT2D eigenvalue weighted by Gasteiger charge is -2.10. The predicted octanol–water partition coefficient (Wildman–Crippen LogP) is 16.6. The summed E-state index contributed by atoms with van der Waals surface area (Å²) in [5, 5.41) is 8.61. The van der Waals surface area contributed by atoms with E-state index in [0.717, 1.165) is 116 Å². The second kappa shape index (κ2) is 15.5. The fourth-order valence-corrected chi connectivity index (χ4v) is 10.7. The Kier molecular flexibility index (Phi) is 8.75. The minimum atomic E-state index is 0.492. The molecule has 0 unspecified atom stereocenters. The van der Waals surface area contributed by atoms with Crippen molar-refractivity contribution in [3.8, 4) is 45.3 Å². The number of aromatic nitrogens is 5. The highest BCUT2D eigenvalue weighted by molar-refractivity contribution is 6.18. The average Bonchev–Trinajstić information content (AvgIpc) is 4.18. The number of benzene rings is 9. The first-order valence-electron chi connectivity index (χ1n) is 23.3. The first kappa shape index (κ1) is 39.6. The van der Waals surface area contributed by atoms with E-state index in [1.165, 1.54) is 10.8 Å². The van der Waals surface area contributed by atoms with Gasteiger partial charge in [0.25, 0.3) is 0 Å². The summed E-state index contributed by atoms with van der Waals surface area (Å²) < 4.78 is 18.1. The first-order valence-corrected chi connectivity index (χ1v) is 23.3. The molecule has 0 N–H and O–H groups in total. The molecule has 0 bridgehead atoms. The van der Waals surface area contributed by atoms with Crippen LogP contribution in [-0.2, 0) is 0 Å². The van der Waals surface area contributed by atoms with Crippen LogP contribution in [0, 0.1) is 0 Å². The van der Waals surface area contributed by atoms with Crippen LogP contribution in [0.5, 0.6) is 0 Å². The Morgan fingerprint density at radius 1 is 0.429 bits per heavy atom. The number of hydrogen-bond donors (Lipinski definition) is 0. The highest BCUT2D eigenvalue weighted by atomic mass is 16.3. The van der Waals surface area contributed by atoms with Crippen LogP contribution < -0.4 is 0 Å². The molecule has 0 atom stereocenters. The lowest BCUT2D eigenvalue weighted by atomic mass is 9.97. The Morgan fingerprint density at radius 3 is 1.76 bits per heavy atom. The number of allylic oxidation sites excluding steroid dienone is 4. The minimum Gasteiger partial charge on any atom is -0.456 e. The molecule has 0 amide bonds. The third-order valence-electron chi connectivity index (χ3n) is 13.7. The van der Waals surface area contributed by atoms with E-state index in [4.69, 9.17) is 23.8 Å². The van der Waals surface area contributed by atoms with Crippen molar-refractivity contribution in [2.45, 2.75) is 0 Å². The fourth-order valence-electron chi connectivity index (χ4n) is 10.7. The molecule has 7 heteroatoms. The van der Waals surface area contributed by atoms with Crippen LogP contribution in [0.2, 0.25) is 0 Å². The highest BCUT2D eigenvalue weighted by Crippen LogP contribution is 2.44. The number of furan rings is 2. The van der Waals surface area contributed by atoms with E-state index in [1.54, 1.807) is 12.2 Å². The topological polar surface area (TPSA) is 74.8 Å². The number of nitrogens with zero attached hydrogens (tertiary/aromatic N) is 5. The van der Waals surface area contributed by atoms with Crippen molar-refractivity contribution in [1.82, 2.24) is 24.1 Å². The lowest BCUT2D eigenvalue weighted by molar-refractivity contribution is 0.666. The molecule has 0 aliphatic rings. The molecule has 70 heavy (non-hydrogen) atoms. The zero-order chi connectivity index (χ0) is 46.5. The van der Waals surface area contributed by atoms with Gasteiger partial charge in [-0.15, -0.1) is 0 Å². The number of fused-ring (bicyclic) bond motifs is 12. The monoisotopic (exact) mass is 897 g/mol. The van der Waals surface area contributed by atoms with Crippen molar-refractivity contribution in [3.63, 3.8) is 0 Å². The van der Waals surface area contributed by atoms with E-state index in [-0.39, 0.29) is 0 Å². The maximum Gasteiger partial charge on any atom is 0.164 e. The Balaban J connectivity index is 0.948. The molecular weight excluding hydrogens is 859 g/mol. The van der Waals surface area contributed by atoms with Crippen LogP contribution in [0.25, 0.3) is 138 Å². The molecule has 14 rings (SSSR count). The smallest absolute Gasteiger partial charge is 0.164 e. The quantitative estimate of drug-likeness (QED) is 0.142. The van der Waals surface area contributed by atoms with Gasteiger partial charge in [0, 0.05) is 65.5 Å². The zero-order valence-electron chi connectivity index (χ0n) is 37.7. The van der Waals surface area contributed by atoms with Gasteiger partial charge < -0.3 is 18.0 Å². The summed E-state index contributed by atoms with van der Waals surface area (Å²) in [4.78, 5) is 15.5. The van der Waals surface area contributed by atoms with E-state index < -0.39 is 0 Å². The summed E-state index contributed by atoms with van der Waals surface area (Å²) >= 11 is 0. The maximum atomic E-state index is 6.88. The van der Waals surface area contributed by atoms with E-state index >= 15 is 0 Å². The lowest BCUT2D eigenvalue weighted by Crippen LogP contribution is -2.02. The van der Waals surface area contributed by atoms with Crippen molar-refractivity contribution in [1.29, 1.82) is 0 Å². The van der Waals surface area contributed by atoms with E-state index in [1.807, 2.05) is 24.3 Å². The molecule has 328 valence electrons. The first-order chi connectivity index (χ1) is 34.6. The molecule has 7 nitrogen and oxygen atoms in total. The van der Waals surface area contributed by atoms with Gasteiger partial charge >= 0.3 is 0 Å². The highest BCUT2D eigenvalue weighted by Gasteiger charge is 2.23. The second-order valence-corrected chi connectivity index (χ2v) is 17.6. The van der Waals surface area contributed by atoms with Gasteiger partial charge in [-0.1, -0.05) is 147 Å². The van der Waals surface area contributed by atoms with Gasteiger partial charge in [0.1, 0.15) is 16.7 Å². The Morgan fingerprint density at radius 2 is 1.01 bits per heavy atom. The summed E-state index contributed by atoms with van der Waals surface area (Å²) in [7, 11) is 0. The van der Waals surface area contributed by atoms with Crippen molar-refractivity contribution in [2.75, 3.05) is 0 Å². The third-order valence-corrected chi connectivity index (χ3v) is 13.7. The molecule has 0 radical (unpaired) electrons. The molecule has 5 heterocycles. The van der Waals surface area contributed by atoms with Gasteiger partial charge in [-0.05, 0) is 90.0 Å². The van der Waals surface area contributed by atoms with Gasteiger partial charge in [0.15, 0.2) is 23.1 Å². The third kappa shape index (κ3) is 5.91. The van der Waals surface area contributed by atoms with Gasteiger partial charge in [0.2, 0.25) is 0 Å². The Labute approximate surface area is 400 Å². The van der Waals surface area contributed by atoms with Crippen LogP contribution in [0.4, 0.5) is 0 Å². The minimum absolute atomic E-state index is 0.492. The molecule has 9 aromatic carbocycles. The molecule has 5 aromatic heterocycles. The predicted molar refractivity (Wildman–Crippen MR) is 288 cm³/mol. The van der Waals surface area contributed by atoms with Gasteiger partial charge in [-0.3, -0.25) is 0 Å². The summed E-state index contributed by atoms with van der Waals surface area (Å²) in [5.41, 5.74) is 14.2. The Hall–Kier alpha value is -9.59. The molecule has 0 spiro atoms. The number of hydrogen-bond acceptors (Lipinski definition) is 5. The largest absolute Gasteiger partial charge is 0.456 e. The summed E-state index contributed by atoms with van der Waals surface area (Å²) in [6, 6.07) is 67.8. The Bertz CT molecular complexity index is 4470. The van der Waals surface area contributed by atoms with E-state index in [9.17, 15) is 0 Å². The molecule has 0 aliphatic carbocycles. The van der Waals surface area contributed by atoms with Crippen LogP contribution in [0.3, 0.4) is 0 Å². The average molecular weight is 898 g/mol. The van der Waals surface area contributed by atoms with Crippen LogP contribution >= 0.6 is 0 Å². The second-order valence-electron chi connectivity index (χ2n) is 17.6. The van der Waals surface area contributed by atoms with Crippen LogP contribution in [0.15, 0.2) is 234 Å². The van der Waals surface area contributed by atoms with Crippen LogP contribution in [0.1, 0.15) is 5.82 Å². The van der Waals surface area contributed by atoms with Crippen LogP contribution in [-0.4, -0.2) is 24.1 Å². The van der Waals surface area contributed by atoms with Crippen molar-refractivity contribution < 1.29 is 8.83 Å². The summed E-state index contributed by atoms with van der Waals surface area (Å²) in [5.74, 6) is 1.55. The summed E-state index contributed by atoms with van der Waals surface area (Å²) in [6.07, 6.45) is 5.36. The van der Waals surface area contributed by atoms with E-state index in [2.05, 4.69) is 198 Å². The van der Waals surface area contributed by atoms with Gasteiger partial charge in [0.05, 0.1) is 27.8 Å². The normalized spacial score (nSPS) is 12.2. The van der Waals surface area contributed by atoms with Crippen molar-refractivity contribution in [3.05, 3.63) is 231 Å².